The first-order valence-corrected chi connectivity index (χ1v) is 9.10. The van der Waals surface area contributed by atoms with E-state index in [2.05, 4.69) is 4.98 Å². The first-order chi connectivity index (χ1) is 12.8. The van der Waals surface area contributed by atoms with Crippen LogP contribution >= 0.6 is 11.3 Å². The van der Waals surface area contributed by atoms with E-state index in [0.29, 0.717) is 22.5 Å². The van der Waals surface area contributed by atoms with E-state index in [-0.39, 0.29) is 24.2 Å². The number of hydrogen-bond acceptors (Lipinski definition) is 6. The van der Waals surface area contributed by atoms with Crippen molar-refractivity contribution in [3.05, 3.63) is 66.6 Å². The Morgan fingerprint density at radius 1 is 1.30 bits per heavy atom. The molecular formula is C18H18N4O4S. The summed E-state index contributed by atoms with van der Waals surface area (Å²) >= 11 is 1.45. The van der Waals surface area contributed by atoms with Crippen LogP contribution in [0.15, 0.2) is 29.1 Å². The van der Waals surface area contributed by atoms with Gasteiger partial charge in [-0.25, -0.2) is 4.98 Å². The number of primary amides is 1. The third kappa shape index (κ3) is 3.72. The molecule has 0 aliphatic rings. The maximum Gasteiger partial charge on any atom is 0.269 e. The fourth-order valence-electron chi connectivity index (χ4n) is 2.88. The number of carbonyl (C=O) groups is 1. The quantitative estimate of drug-likeness (QED) is 0.515. The lowest BCUT2D eigenvalue weighted by atomic mass is 10.1. The second-order valence-corrected chi connectivity index (χ2v) is 7.47. The zero-order chi connectivity index (χ0) is 19.7. The van der Waals surface area contributed by atoms with Crippen LogP contribution < -0.4 is 11.3 Å². The van der Waals surface area contributed by atoms with E-state index in [1.165, 1.54) is 28.0 Å². The van der Waals surface area contributed by atoms with Crippen molar-refractivity contribution in [3.63, 3.8) is 0 Å². The van der Waals surface area contributed by atoms with E-state index in [1.807, 2.05) is 13.8 Å². The molecule has 1 amide bonds. The molecule has 0 aliphatic heterocycles. The lowest BCUT2D eigenvalue weighted by Gasteiger charge is -2.12. The molecule has 0 spiro atoms. The van der Waals surface area contributed by atoms with Crippen LogP contribution in [0.4, 0.5) is 5.69 Å². The van der Waals surface area contributed by atoms with Crippen molar-refractivity contribution in [1.82, 2.24) is 9.55 Å². The molecular weight excluding hydrogens is 368 g/mol. The molecule has 8 nitrogen and oxygen atoms in total. The number of hydrogen-bond donors (Lipinski definition) is 1. The topological polar surface area (TPSA) is 121 Å². The van der Waals surface area contributed by atoms with Gasteiger partial charge in [-0.3, -0.25) is 24.3 Å². The van der Waals surface area contributed by atoms with Gasteiger partial charge in [0.2, 0.25) is 5.91 Å². The number of nitro groups is 1. The van der Waals surface area contributed by atoms with Crippen LogP contribution in [0.1, 0.15) is 28.2 Å². The number of thiophene rings is 1. The molecule has 3 aromatic rings. The highest BCUT2D eigenvalue weighted by molar-refractivity contribution is 7.18. The molecule has 0 unspecified atom stereocenters. The summed E-state index contributed by atoms with van der Waals surface area (Å²) in [6.07, 6.45) is 0.348. The van der Waals surface area contributed by atoms with Gasteiger partial charge in [-0.2, -0.15) is 0 Å². The number of aryl methyl sites for hydroxylation is 2. The van der Waals surface area contributed by atoms with Crippen LogP contribution in [0.5, 0.6) is 0 Å². The largest absolute Gasteiger partial charge is 0.370 e. The van der Waals surface area contributed by atoms with Gasteiger partial charge < -0.3 is 5.73 Å². The third-order valence-electron chi connectivity index (χ3n) is 4.46. The zero-order valence-electron chi connectivity index (χ0n) is 14.9. The highest BCUT2D eigenvalue weighted by atomic mass is 32.1. The lowest BCUT2D eigenvalue weighted by molar-refractivity contribution is -0.384. The molecule has 0 radical (unpaired) electrons. The van der Waals surface area contributed by atoms with Crippen LogP contribution in [-0.4, -0.2) is 20.4 Å². The summed E-state index contributed by atoms with van der Waals surface area (Å²) in [7, 11) is 0. The number of aromatic nitrogens is 2. The summed E-state index contributed by atoms with van der Waals surface area (Å²) in [5, 5.41) is 11.4. The first kappa shape index (κ1) is 18.7. The predicted octanol–water partition coefficient (Wildman–Crippen LogP) is 2.45. The number of fused-ring (bicyclic) bond motifs is 1. The molecule has 2 aromatic heterocycles. The third-order valence-corrected chi connectivity index (χ3v) is 5.56. The Bertz CT molecular complexity index is 1100. The molecule has 0 saturated heterocycles. The minimum atomic E-state index is -0.499. The van der Waals surface area contributed by atoms with Crippen molar-refractivity contribution in [3.8, 4) is 0 Å². The van der Waals surface area contributed by atoms with Gasteiger partial charge in [0.05, 0.1) is 10.3 Å². The van der Waals surface area contributed by atoms with Crippen molar-refractivity contribution in [2.24, 2.45) is 5.73 Å². The molecule has 140 valence electrons. The Morgan fingerprint density at radius 2 is 1.96 bits per heavy atom. The van der Waals surface area contributed by atoms with Crippen molar-refractivity contribution in [2.45, 2.75) is 33.2 Å². The summed E-state index contributed by atoms with van der Waals surface area (Å²) in [5.74, 6) is 0.00496. The normalized spacial score (nSPS) is 11.0. The van der Waals surface area contributed by atoms with Crippen molar-refractivity contribution in [2.75, 3.05) is 0 Å². The van der Waals surface area contributed by atoms with E-state index >= 15 is 0 Å². The van der Waals surface area contributed by atoms with Gasteiger partial charge >= 0.3 is 0 Å². The zero-order valence-corrected chi connectivity index (χ0v) is 15.7. The Balaban J connectivity index is 2.09. The number of carbonyl (C=O) groups excluding carboxylic acids is 1. The van der Waals surface area contributed by atoms with E-state index < -0.39 is 10.8 Å². The number of non-ortho nitro benzene ring substituents is 1. The summed E-state index contributed by atoms with van der Waals surface area (Å²) in [6.45, 7) is 3.96. The molecule has 9 heteroatoms. The van der Waals surface area contributed by atoms with Crippen molar-refractivity contribution >= 4 is 33.1 Å². The molecule has 0 saturated carbocycles. The number of nitrogens with two attached hydrogens (primary N) is 1. The monoisotopic (exact) mass is 386 g/mol. The van der Waals surface area contributed by atoms with E-state index in [1.54, 1.807) is 12.1 Å². The Hall–Kier alpha value is -3.07. The number of benzene rings is 1. The van der Waals surface area contributed by atoms with E-state index in [0.717, 1.165) is 16.0 Å². The Kier molecular flexibility index (Phi) is 5.04. The van der Waals surface area contributed by atoms with E-state index in [4.69, 9.17) is 5.73 Å². The molecule has 1 aromatic carbocycles. The fourth-order valence-corrected chi connectivity index (χ4v) is 3.91. The summed E-state index contributed by atoms with van der Waals surface area (Å²) in [5.41, 5.74) is 6.72. The summed E-state index contributed by atoms with van der Waals surface area (Å²) in [6, 6.07) is 6.11. The molecule has 0 fully saturated rings. The summed E-state index contributed by atoms with van der Waals surface area (Å²) < 4.78 is 1.48. The van der Waals surface area contributed by atoms with E-state index in [9.17, 15) is 19.7 Å². The average Bonchev–Trinajstić information content (AvgIpc) is 2.89. The minimum absolute atomic E-state index is 0.00205. The van der Waals surface area contributed by atoms with Gasteiger partial charge in [-0.1, -0.05) is 12.1 Å². The van der Waals surface area contributed by atoms with Gasteiger partial charge in [-0.05, 0) is 25.0 Å². The molecule has 2 heterocycles. The van der Waals surface area contributed by atoms with Crippen molar-refractivity contribution < 1.29 is 9.72 Å². The molecule has 0 bridgehead atoms. The minimum Gasteiger partial charge on any atom is -0.370 e. The molecule has 3 rings (SSSR count). The summed E-state index contributed by atoms with van der Waals surface area (Å²) in [4.78, 5) is 40.9. The number of rotatable bonds is 6. The van der Waals surface area contributed by atoms with Gasteiger partial charge in [0.15, 0.2) is 0 Å². The van der Waals surface area contributed by atoms with Crippen LogP contribution in [-0.2, 0) is 17.8 Å². The maximum atomic E-state index is 13.0. The van der Waals surface area contributed by atoms with Crippen molar-refractivity contribution in [1.29, 1.82) is 0 Å². The second kappa shape index (κ2) is 7.28. The highest BCUT2D eigenvalue weighted by Gasteiger charge is 2.17. The highest BCUT2D eigenvalue weighted by Crippen LogP contribution is 2.27. The number of nitro benzene ring substituents is 1. The lowest BCUT2D eigenvalue weighted by Crippen LogP contribution is -2.27. The number of amides is 1. The molecule has 27 heavy (non-hydrogen) atoms. The Morgan fingerprint density at radius 3 is 2.56 bits per heavy atom. The van der Waals surface area contributed by atoms with Gasteiger partial charge in [0, 0.05) is 36.4 Å². The molecule has 2 N–H and O–H groups in total. The number of nitrogens with zero attached hydrogens (tertiary/aromatic N) is 3. The van der Waals surface area contributed by atoms with Gasteiger partial charge in [-0.15, -0.1) is 11.3 Å². The van der Waals surface area contributed by atoms with Crippen LogP contribution in [0.3, 0.4) is 0 Å². The molecule has 0 aliphatic carbocycles. The average molecular weight is 386 g/mol. The standard InChI is InChI=1S/C18H18N4O4S/c1-10-11(2)27-17-16(10)18(24)21(8-7-14(19)23)15(20-17)9-12-3-5-13(6-4-12)22(25)26/h3-6H,7-9H2,1-2H3,(H2,19,23). The maximum absolute atomic E-state index is 13.0. The predicted molar refractivity (Wildman–Crippen MR) is 103 cm³/mol. The fraction of sp³-hybridized carbons (Fsp3) is 0.278. The smallest absolute Gasteiger partial charge is 0.269 e. The molecule has 0 atom stereocenters. The van der Waals surface area contributed by atoms with Gasteiger partial charge in [0.1, 0.15) is 10.7 Å². The Labute approximate surface area is 158 Å². The van der Waals surface area contributed by atoms with Gasteiger partial charge in [0.25, 0.3) is 11.2 Å². The van der Waals surface area contributed by atoms with Crippen LogP contribution in [0, 0.1) is 24.0 Å². The van der Waals surface area contributed by atoms with Crippen LogP contribution in [0.2, 0.25) is 0 Å². The first-order valence-electron chi connectivity index (χ1n) is 8.29. The SMILES string of the molecule is Cc1sc2nc(Cc3ccc([N+](=O)[O-])cc3)n(CCC(N)=O)c(=O)c2c1C. The second-order valence-electron chi connectivity index (χ2n) is 6.26. The van der Waals surface area contributed by atoms with Crippen LogP contribution in [0.25, 0.3) is 10.2 Å².